The first-order chi connectivity index (χ1) is 15.5. The maximum Gasteiger partial charge on any atom is 0.418 e. The summed E-state index contributed by atoms with van der Waals surface area (Å²) >= 11 is 0. The van der Waals surface area contributed by atoms with Crippen molar-refractivity contribution in [2.45, 2.75) is 18.0 Å². The molecule has 0 amide bonds. The van der Waals surface area contributed by atoms with Crippen LogP contribution in [0.1, 0.15) is 12.5 Å². The van der Waals surface area contributed by atoms with Gasteiger partial charge in [0, 0.05) is 17.1 Å². The molecule has 0 aliphatic heterocycles. The Balaban J connectivity index is 1.87. The van der Waals surface area contributed by atoms with Crippen LogP contribution < -0.4 is 0 Å². The first kappa shape index (κ1) is 22.8. The summed E-state index contributed by atoms with van der Waals surface area (Å²) in [5.74, 6) is -2.39. The van der Waals surface area contributed by atoms with Crippen molar-refractivity contribution in [2.24, 2.45) is 0 Å². The maximum absolute atomic E-state index is 14.8. The lowest BCUT2D eigenvalue weighted by Crippen LogP contribution is -2.07. The third-order valence-corrected chi connectivity index (χ3v) is 7.04. The summed E-state index contributed by atoms with van der Waals surface area (Å²) in [6.45, 7) is 1.33. The Hall–Kier alpha value is -3.33. The van der Waals surface area contributed by atoms with Gasteiger partial charge in [-0.05, 0) is 47.0 Å². The zero-order chi connectivity index (χ0) is 24.0. The van der Waals surface area contributed by atoms with Crippen molar-refractivity contribution >= 4 is 20.7 Å². The van der Waals surface area contributed by atoms with Crippen LogP contribution in [0.3, 0.4) is 0 Å². The number of hydrogen-bond donors (Lipinski definition) is 0. The van der Waals surface area contributed by atoms with Gasteiger partial charge < -0.3 is 0 Å². The smallest absolute Gasteiger partial charge is 0.256 e. The number of benzene rings is 3. The molecule has 170 valence electrons. The summed E-state index contributed by atoms with van der Waals surface area (Å²) in [7, 11) is -3.96. The molecule has 4 rings (SSSR count). The van der Waals surface area contributed by atoms with Gasteiger partial charge in [0.2, 0.25) is 0 Å². The van der Waals surface area contributed by atoms with E-state index < -0.39 is 38.1 Å². The molecule has 0 radical (unpaired) electrons. The highest BCUT2D eigenvalue weighted by Gasteiger charge is 2.33. The molecule has 0 aliphatic carbocycles. The largest absolute Gasteiger partial charge is 0.418 e. The second kappa shape index (κ2) is 8.22. The van der Waals surface area contributed by atoms with Crippen molar-refractivity contribution in [3.8, 4) is 22.3 Å². The van der Waals surface area contributed by atoms with Crippen LogP contribution in [0.25, 0.3) is 33.2 Å². The van der Waals surface area contributed by atoms with Gasteiger partial charge >= 0.3 is 6.18 Å². The number of rotatable bonds is 4. The first-order valence-corrected chi connectivity index (χ1v) is 11.5. The van der Waals surface area contributed by atoms with Crippen molar-refractivity contribution in [1.29, 1.82) is 0 Å². The van der Waals surface area contributed by atoms with Gasteiger partial charge in [0.15, 0.2) is 9.84 Å². The molecular weight excluding hydrogens is 461 g/mol. The second-order valence-electron chi connectivity index (χ2n) is 7.30. The standard InChI is InChI=1S/C24H16F5NO2S/c1-2-33(31,32)22-13-20(25)18(12-21(22)26)15-6-3-5-14(11-15)16-9-10-30-23-17(16)7-4-8-19(23)24(27,28)29/h3-13H,2H2,1H3. The Morgan fingerprint density at radius 1 is 0.848 bits per heavy atom. The Morgan fingerprint density at radius 3 is 2.18 bits per heavy atom. The van der Waals surface area contributed by atoms with Gasteiger partial charge in [-0.15, -0.1) is 0 Å². The quantitative estimate of drug-likeness (QED) is 0.309. The first-order valence-electron chi connectivity index (χ1n) is 9.80. The monoisotopic (exact) mass is 477 g/mol. The average molecular weight is 477 g/mol. The third-order valence-electron chi connectivity index (χ3n) is 5.30. The van der Waals surface area contributed by atoms with Gasteiger partial charge in [-0.25, -0.2) is 17.2 Å². The predicted molar refractivity (Wildman–Crippen MR) is 115 cm³/mol. The van der Waals surface area contributed by atoms with Crippen molar-refractivity contribution < 1.29 is 30.4 Å². The molecule has 33 heavy (non-hydrogen) atoms. The van der Waals surface area contributed by atoms with Crippen molar-refractivity contribution in [3.63, 3.8) is 0 Å². The van der Waals surface area contributed by atoms with Gasteiger partial charge in [-0.3, -0.25) is 4.98 Å². The van der Waals surface area contributed by atoms with E-state index in [9.17, 15) is 30.4 Å². The maximum atomic E-state index is 14.8. The van der Waals surface area contributed by atoms with E-state index in [0.29, 0.717) is 17.2 Å². The fourth-order valence-electron chi connectivity index (χ4n) is 3.65. The normalized spacial score (nSPS) is 12.3. The zero-order valence-electron chi connectivity index (χ0n) is 17.1. The minimum absolute atomic E-state index is 0.168. The summed E-state index contributed by atoms with van der Waals surface area (Å²) in [5, 5.41) is 0.250. The minimum atomic E-state index is -4.59. The Labute approximate surface area is 186 Å². The van der Waals surface area contributed by atoms with Crippen LogP contribution in [0.4, 0.5) is 22.0 Å². The highest BCUT2D eigenvalue weighted by atomic mass is 32.2. The van der Waals surface area contributed by atoms with Crippen LogP contribution in [0.15, 0.2) is 71.8 Å². The summed E-state index contributed by atoms with van der Waals surface area (Å²) in [6, 6.07) is 12.9. The van der Waals surface area contributed by atoms with E-state index >= 15 is 0 Å². The van der Waals surface area contributed by atoms with E-state index in [4.69, 9.17) is 0 Å². The summed E-state index contributed by atoms with van der Waals surface area (Å²) in [4.78, 5) is 3.17. The molecule has 3 nitrogen and oxygen atoms in total. The number of halogens is 5. The number of fused-ring (bicyclic) bond motifs is 1. The third kappa shape index (κ3) is 4.20. The highest BCUT2D eigenvalue weighted by molar-refractivity contribution is 7.91. The SMILES string of the molecule is CCS(=O)(=O)c1cc(F)c(-c2cccc(-c3ccnc4c(C(F)(F)F)cccc34)c2)cc1F. The number of alkyl halides is 3. The molecule has 1 heterocycles. The molecule has 0 saturated heterocycles. The van der Waals surface area contributed by atoms with Crippen molar-refractivity contribution in [1.82, 2.24) is 4.98 Å². The van der Waals surface area contributed by atoms with Crippen molar-refractivity contribution in [2.75, 3.05) is 5.75 Å². The molecule has 3 aromatic carbocycles. The number of nitrogens with zero attached hydrogens (tertiary/aromatic N) is 1. The molecule has 9 heteroatoms. The summed E-state index contributed by atoms with van der Waals surface area (Å²) < 4.78 is 93.5. The van der Waals surface area contributed by atoms with Gasteiger partial charge in [0.25, 0.3) is 0 Å². The molecule has 0 fully saturated rings. The number of hydrogen-bond acceptors (Lipinski definition) is 3. The number of aromatic nitrogens is 1. The fourth-order valence-corrected chi connectivity index (χ4v) is 4.60. The zero-order valence-corrected chi connectivity index (χ0v) is 17.9. The molecule has 0 saturated carbocycles. The van der Waals surface area contributed by atoms with Crippen LogP contribution in [0, 0.1) is 11.6 Å². The molecule has 0 unspecified atom stereocenters. The number of sulfone groups is 1. The van der Waals surface area contributed by atoms with E-state index in [-0.39, 0.29) is 27.8 Å². The lowest BCUT2D eigenvalue weighted by molar-refractivity contribution is -0.136. The molecule has 0 bridgehead atoms. The van der Waals surface area contributed by atoms with Crippen molar-refractivity contribution in [3.05, 3.63) is 84.1 Å². The average Bonchev–Trinajstić information content (AvgIpc) is 2.78. The van der Waals surface area contributed by atoms with Crippen LogP contribution in [0.2, 0.25) is 0 Å². The number of para-hydroxylation sites is 1. The summed E-state index contributed by atoms with van der Waals surface area (Å²) in [5.41, 5.74) is -0.138. The number of pyridine rings is 1. The van der Waals surface area contributed by atoms with E-state index in [0.717, 1.165) is 12.1 Å². The van der Waals surface area contributed by atoms with Crippen LogP contribution in [-0.4, -0.2) is 19.2 Å². The van der Waals surface area contributed by atoms with Crippen LogP contribution in [-0.2, 0) is 16.0 Å². The minimum Gasteiger partial charge on any atom is -0.256 e. The molecule has 0 spiro atoms. The fraction of sp³-hybridized carbons (Fsp3) is 0.125. The second-order valence-corrected chi connectivity index (χ2v) is 9.55. The topological polar surface area (TPSA) is 47.0 Å². The van der Waals surface area contributed by atoms with Crippen LogP contribution >= 0.6 is 0 Å². The molecule has 0 aliphatic rings. The van der Waals surface area contributed by atoms with Gasteiger partial charge in [0.05, 0.1) is 16.8 Å². The summed E-state index contributed by atoms with van der Waals surface area (Å²) in [6.07, 6.45) is -3.33. The highest BCUT2D eigenvalue weighted by Crippen LogP contribution is 2.38. The lowest BCUT2D eigenvalue weighted by atomic mass is 9.95. The molecule has 0 N–H and O–H groups in total. The lowest BCUT2D eigenvalue weighted by Gasteiger charge is -2.13. The van der Waals surface area contributed by atoms with E-state index in [1.165, 1.54) is 43.5 Å². The Bertz CT molecular complexity index is 1480. The molecule has 1 aromatic heterocycles. The molecule has 4 aromatic rings. The Morgan fingerprint density at radius 2 is 1.52 bits per heavy atom. The van der Waals surface area contributed by atoms with Crippen LogP contribution in [0.5, 0.6) is 0 Å². The van der Waals surface area contributed by atoms with Gasteiger partial charge in [-0.1, -0.05) is 37.3 Å². The van der Waals surface area contributed by atoms with Gasteiger partial charge in [-0.2, -0.15) is 13.2 Å². The van der Waals surface area contributed by atoms with Gasteiger partial charge in [0.1, 0.15) is 16.5 Å². The predicted octanol–water partition coefficient (Wildman–Crippen LogP) is 6.66. The van der Waals surface area contributed by atoms with E-state index in [2.05, 4.69) is 4.98 Å². The van der Waals surface area contributed by atoms with E-state index in [1.54, 1.807) is 12.1 Å². The Kier molecular flexibility index (Phi) is 5.69. The van der Waals surface area contributed by atoms with E-state index in [1.807, 2.05) is 0 Å². The molecular formula is C24H16F5NO2S. The molecule has 0 atom stereocenters.